The number of thioether (sulfide) groups is 1. The molecule has 1 aliphatic heterocycles. The lowest BCUT2D eigenvalue weighted by Gasteiger charge is -2.39. The van der Waals surface area contributed by atoms with E-state index in [9.17, 15) is 0 Å². The van der Waals surface area contributed by atoms with Gasteiger partial charge in [-0.3, -0.25) is 0 Å². The van der Waals surface area contributed by atoms with Gasteiger partial charge < -0.3 is 10.2 Å². The van der Waals surface area contributed by atoms with Crippen molar-refractivity contribution in [2.75, 3.05) is 23.7 Å². The van der Waals surface area contributed by atoms with E-state index in [1.165, 1.54) is 17.0 Å². The molecule has 4 heteroatoms. The largest absolute Gasteiger partial charge is 0.368 e. The van der Waals surface area contributed by atoms with Gasteiger partial charge in [0, 0.05) is 36.2 Å². The van der Waals surface area contributed by atoms with Crippen LogP contribution in [-0.2, 0) is 6.54 Å². The van der Waals surface area contributed by atoms with E-state index in [0.717, 1.165) is 24.7 Å². The standard InChI is InChI=1S/C16H25ClN2S/c1-12(2)18-10-13-5-6-15(14(17)9-13)19-7-8-20-16(3,4)11-19/h5-6,9,12,18H,7-8,10-11H2,1-4H3. The molecule has 1 heterocycles. The number of anilines is 1. The molecule has 0 aliphatic carbocycles. The van der Waals surface area contributed by atoms with Crippen molar-refractivity contribution < 1.29 is 0 Å². The van der Waals surface area contributed by atoms with E-state index in [1.54, 1.807) is 0 Å². The molecule has 112 valence electrons. The molecule has 0 aromatic heterocycles. The third-order valence-corrected chi connectivity index (χ3v) is 5.09. The van der Waals surface area contributed by atoms with Gasteiger partial charge in [-0.15, -0.1) is 0 Å². The fourth-order valence-electron chi connectivity index (χ4n) is 2.46. The van der Waals surface area contributed by atoms with Crippen molar-refractivity contribution >= 4 is 29.1 Å². The van der Waals surface area contributed by atoms with Gasteiger partial charge in [0.05, 0.1) is 10.7 Å². The van der Waals surface area contributed by atoms with E-state index in [2.05, 4.69) is 56.1 Å². The topological polar surface area (TPSA) is 15.3 Å². The lowest BCUT2D eigenvalue weighted by atomic mass is 10.1. The minimum absolute atomic E-state index is 0.305. The first kappa shape index (κ1) is 16.0. The summed E-state index contributed by atoms with van der Waals surface area (Å²) in [5.74, 6) is 1.17. The monoisotopic (exact) mass is 312 g/mol. The molecule has 0 saturated carbocycles. The summed E-state index contributed by atoms with van der Waals surface area (Å²) < 4.78 is 0.305. The number of halogens is 1. The Labute approximate surface area is 132 Å². The minimum atomic E-state index is 0.305. The Balaban J connectivity index is 2.09. The molecular weight excluding hydrogens is 288 g/mol. The van der Waals surface area contributed by atoms with Gasteiger partial charge >= 0.3 is 0 Å². The Morgan fingerprint density at radius 3 is 2.75 bits per heavy atom. The average Bonchev–Trinajstić information content (AvgIpc) is 2.35. The van der Waals surface area contributed by atoms with Gasteiger partial charge in [0.25, 0.3) is 0 Å². The second-order valence-corrected chi connectivity index (χ2v) is 8.56. The first-order chi connectivity index (χ1) is 9.37. The highest BCUT2D eigenvalue weighted by atomic mass is 35.5. The molecule has 1 aromatic rings. The van der Waals surface area contributed by atoms with Crippen LogP contribution in [-0.4, -0.2) is 29.6 Å². The Morgan fingerprint density at radius 1 is 1.40 bits per heavy atom. The first-order valence-corrected chi connectivity index (χ1v) is 8.64. The van der Waals surface area contributed by atoms with Crippen LogP contribution in [0.5, 0.6) is 0 Å². The predicted octanol–water partition coefficient (Wildman–Crippen LogP) is 4.17. The van der Waals surface area contributed by atoms with Crippen molar-refractivity contribution in [3.63, 3.8) is 0 Å². The van der Waals surface area contributed by atoms with Crippen molar-refractivity contribution in [3.8, 4) is 0 Å². The first-order valence-electron chi connectivity index (χ1n) is 7.28. The number of benzene rings is 1. The minimum Gasteiger partial charge on any atom is -0.368 e. The molecule has 20 heavy (non-hydrogen) atoms. The lowest BCUT2D eigenvalue weighted by Crippen LogP contribution is -2.43. The van der Waals surface area contributed by atoms with Crippen LogP contribution in [0.15, 0.2) is 18.2 Å². The maximum Gasteiger partial charge on any atom is 0.0642 e. The van der Waals surface area contributed by atoms with E-state index in [4.69, 9.17) is 11.6 Å². The zero-order valence-corrected chi connectivity index (χ0v) is 14.4. The molecule has 0 bridgehead atoms. The van der Waals surface area contributed by atoms with Crippen molar-refractivity contribution in [2.24, 2.45) is 0 Å². The molecule has 1 N–H and O–H groups in total. The number of hydrogen-bond acceptors (Lipinski definition) is 3. The maximum atomic E-state index is 6.49. The molecule has 2 nitrogen and oxygen atoms in total. The highest BCUT2D eigenvalue weighted by molar-refractivity contribution is 8.00. The molecule has 1 aliphatic rings. The van der Waals surface area contributed by atoms with Crippen molar-refractivity contribution in [1.29, 1.82) is 0 Å². The molecule has 0 amide bonds. The van der Waals surface area contributed by atoms with Gasteiger partial charge in [-0.2, -0.15) is 11.8 Å². The van der Waals surface area contributed by atoms with Crippen LogP contribution >= 0.6 is 23.4 Å². The average molecular weight is 313 g/mol. The summed E-state index contributed by atoms with van der Waals surface area (Å²) >= 11 is 8.54. The molecule has 2 rings (SSSR count). The van der Waals surface area contributed by atoms with Crippen LogP contribution in [0.2, 0.25) is 5.02 Å². The summed E-state index contributed by atoms with van der Waals surface area (Å²) in [6, 6.07) is 6.95. The second kappa shape index (κ2) is 6.59. The molecule has 1 aromatic carbocycles. The molecule has 0 unspecified atom stereocenters. The molecule has 0 radical (unpaired) electrons. The van der Waals surface area contributed by atoms with Crippen LogP contribution in [0.1, 0.15) is 33.3 Å². The lowest BCUT2D eigenvalue weighted by molar-refractivity contribution is 0.588. The quantitative estimate of drug-likeness (QED) is 0.898. The van der Waals surface area contributed by atoms with E-state index in [1.807, 2.05) is 11.8 Å². The third kappa shape index (κ3) is 4.31. The molecule has 1 saturated heterocycles. The highest BCUT2D eigenvalue weighted by Crippen LogP contribution is 2.35. The number of rotatable bonds is 4. The Bertz CT molecular complexity index is 460. The van der Waals surface area contributed by atoms with Crippen molar-refractivity contribution in [3.05, 3.63) is 28.8 Å². The fourth-order valence-corrected chi connectivity index (χ4v) is 3.89. The summed E-state index contributed by atoms with van der Waals surface area (Å²) in [7, 11) is 0. The van der Waals surface area contributed by atoms with Crippen LogP contribution in [0.4, 0.5) is 5.69 Å². The van der Waals surface area contributed by atoms with Crippen LogP contribution in [0, 0.1) is 0 Å². The van der Waals surface area contributed by atoms with Crippen LogP contribution in [0.3, 0.4) is 0 Å². The highest BCUT2D eigenvalue weighted by Gasteiger charge is 2.27. The fraction of sp³-hybridized carbons (Fsp3) is 0.625. The van der Waals surface area contributed by atoms with Gasteiger partial charge in [0.15, 0.2) is 0 Å². The molecule has 0 atom stereocenters. The van der Waals surface area contributed by atoms with Gasteiger partial charge in [-0.1, -0.05) is 31.5 Å². The summed E-state index contributed by atoms with van der Waals surface area (Å²) in [5, 5.41) is 4.30. The second-order valence-electron chi connectivity index (χ2n) is 6.35. The molecule has 1 fully saturated rings. The zero-order valence-electron chi connectivity index (χ0n) is 12.9. The third-order valence-electron chi connectivity index (χ3n) is 3.49. The number of nitrogens with zero attached hydrogens (tertiary/aromatic N) is 1. The summed E-state index contributed by atoms with van der Waals surface area (Å²) in [6.07, 6.45) is 0. The van der Waals surface area contributed by atoms with Crippen LogP contribution in [0.25, 0.3) is 0 Å². The summed E-state index contributed by atoms with van der Waals surface area (Å²) in [6.45, 7) is 11.9. The summed E-state index contributed by atoms with van der Waals surface area (Å²) in [5.41, 5.74) is 2.42. The van der Waals surface area contributed by atoms with E-state index >= 15 is 0 Å². The predicted molar refractivity (Wildman–Crippen MR) is 92.2 cm³/mol. The van der Waals surface area contributed by atoms with E-state index < -0.39 is 0 Å². The molecule has 0 spiro atoms. The van der Waals surface area contributed by atoms with E-state index in [0.29, 0.717) is 10.8 Å². The summed E-state index contributed by atoms with van der Waals surface area (Å²) in [4.78, 5) is 2.42. The van der Waals surface area contributed by atoms with Crippen molar-refractivity contribution in [1.82, 2.24) is 5.32 Å². The SMILES string of the molecule is CC(C)NCc1ccc(N2CCSC(C)(C)C2)c(Cl)c1. The maximum absolute atomic E-state index is 6.49. The van der Waals surface area contributed by atoms with Gasteiger partial charge in [-0.25, -0.2) is 0 Å². The normalized spacial score (nSPS) is 18.6. The van der Waals surface area contributed by atoms with Crippen LogP contribution < -0.4 is 10.2 Å². The Morgan fingerprint density at radius 2 is 2.15 bits per heavy atom. The Kier molecular flexibility index (Phi) is 5.27. The Hall–Kier alpha value is -0.380. The number of nitrogens with one attached hydrogen (secondary N) is 1. The van der Waals surface area contributed by atoms with Gasteiger partial charge in [0.2, 0.25) is 0 Å². The smallest absolute Gasteiger partial charge is 0.0642 e. The van der Waals surface area contributed by atoms with Gasteiger partial charge in [-0.05, 0) is 31.5 Å². The van der Waals surface area contributed by atoms with Crippen molar-refractivity contribution in [2.45, 2.75) is 45.0 Å². The van der Waals surface area contributed by atoms with Gasteiger partial charge in [0.1, 0.15) is 0 Å². The zero-order chi connectivity index (χ0) is 14.8. The number of hydrogen-bond donors (Lipinski definition) is 1. The van der Waals surface area contributed by atoms with E-state index in [-0.39, 0.29) is 0 Å². The molecular formula is C16H25ClN2S.